The number of hydrogen-bond donors (Lipinski definition) is 4. The average molecular weight is 392 g/mol. The maximum atomic E-state index is 11.8. The van der Waals surface area contributed by atoms with E-state index in [9.17, 15) is 9.59 Å². The predicted molar refractivity (Wildman–Crippen MR) is 78.3 cm³/mol. The number of aromatic amines is 3. The monoisotopic (exact) mass is 390 g/mol. The Morgan fingerprint density at radius 1 is 1.32 bits per heavy atom. The predicted octanol–water partition coefficient (Wildman–Crippen LogP) is 1.92. The highest BCUT2D eigenvalue weighted by molar-refractivity contribution is 9.13. The van der Waals surface area contributed by atoms with Crippen LogP contribution < -0.4 is 11.0 Å². The molecular formula is C11H12Br2N4O2. The molecule has 0 radical (unpaired) electrons. The topological polar surface area (TPSA) is 93.5 Å². The van der Waals surface area contributed by atoms with Crippen molar-refractivity contribution in [2.45, 2.75) is 12.8 Å². The molecule has 102 valence electrons. The van der Waals surface area contributed by atoms with Gasteiger partial charge in [0.15, 0.2) is 0 Å². The summed E-state index contributed by atoms with van der Waals surface area (Å²) in [6, 6.07) is 1.71. The van der Waals surface area contributed by atoms with Crippen LogP contribution in [-0.4, -0.2) is 27.4 Å². The molecule has 0 aliphatic heterocycles. The fraction of sp³-hybridized carbons (Fsp3) is 0.273. The number of nitrogens with one attached hydrogen (secondary N) is 4. The molecule has 0 atom stereocenters. The number of carbonyl (C=O) groups is 1. The van der Waals surface area contributed by atoms with E-state index in [1.54, 1.807) is 12.3 Å². The Labute approximate surface area is 125 Å². The van der Waals surface area contributed by atoms with Crippen molar-refractivity contribution in [2.24, 2.45) is 0 Å². The summed E-state index contributed by atoms with van der Waals surface area (Å²) in [6.45, 7) is 0.542. The number of H-pyrrole nitrogens is 3. The molecule has 8 heteroatoms. The van der Waals surface area contributed by atoms with E-state index in [0.29, 0.717) is 18.7 Å². The van der Waals surface area contributed by atoms with Gasteiger partial charge in [-0.15, -0.1) is 0 Å². The molecule has 2 aromatic heterocycles. The van der Waals surface area contributed by atoms with Gasteiger partial charge in [-0.2, -0.15) is 0 Å². The summed E-state index contributed by atoms with van der Waals surface area (Å²) in [5.74, 6) is -0.158. The Morgan fingerprint density at radius 3 is 2.68 bits per heavy atom. The summed E-state index contributed by atoms with van der Waals surface area (Å²) >= 11 is 6.58. The van der Waals surface area contributed by atoms with Crippen LogP contribution in [0.5, 0.6) is 0 Å². The number of rotatable bonds is 5. The van der Waals surface area contributed by atoms with Crippen molar-refractivity contribution >= 4 is 37.8 Å². The van der Waals surface area contributed by atoms with Gasteiger partial charge in [0.2, 0.25) is 0 Å². The third kappa shape index (κ3) is 3.84. The highest BCUT2D eigenvalue weighted by Crippen LogP contribution is 2.22. The van der Waals surface area contributed by atoms with E-state index in [1.807, 2.05) is 0 Å². The lowest BCUT2D eigenvalue weighted by Gasteiger charge is -2.02. The molecule has 0 bridgehead atoms. The number of carbonyl (C=O) groups excluding carboxylic acids is 1. The first-order chi connectivity index (χ1) is 9.06. The van der Waals surface area contributed by atoms with Crippen LogP contribution >= 0.6 is 31.9 Å². The highest BCUT2D eigenvalue weighted by atomic mass is 79.9. The lowest BCUT2D eigenvalue weighted by atomic mass is 10.2. The van der Waals surface area contributed by atoms with Crippen LogP contribution in [0.3, 0.4) is 0 Å². The van der Waals surface area contributed by atoms with Crippen LogP contribution in [0.2, 0.25) is 0 Å². The van der Waals surface area contributed by atoms with Gasteiger partial charge in [-0.3, -0.25) is 4.79 Å². The Kier molecular flexibility index (Phi) is 4.65. The Balaban J connectivity index is 1.76. The molecule has 2 heterocycles. The van der Waals surface area contributed by atoms with E-state index >= 15 is 0 Å². The van der Waals surface area contributed by atoms with Crippen molar-refractivity contribution in [3.05, 3.63) is 43.2 Å². The van der Waals surface area contributed by atoms with Gasteiger partial charge in [-0.25, -0.2) is 4.79 Å². The van der Waals surface area contributed by atoms with Crippen molar-refractivity contribution in [2.75, 3.05) is 6.54 Å². The molecule has 0 aliphatic carbocycles. The molecule has 2 aromatic rings. The Bertz CT molecular complexity index is 609. The van der Waals surface area contributed by atoms with E-state index in [-0.39, 0.29) is 11.6 Å². The van der Waals surface area contributed by atoms with Crippen LogP contribution in [-0.2, 0) is 6.42 Å². The molecule has 0 aliphatic rings. The van der Waals surface area contributed by atoms with Crippen LogP contribution in [0, 0.1) is 0 Å². The standard InChI is InChI=1S/C11H12Br2N4O2/c12-7-4-8(17-9(7)13)10(18)14-3-1-2-6-5-15-11(19)16-6/h4-5,17H,1-3H2,(H,14,18)(H2,15,16,19). The van der Waals surface area contributed by atoms with Gasteiger partial charge in [-0.1, -0.05) is 0 Å². The maximum Gasteiger partial charge on any atom is 0.323 e. The van der Waals surface area contributed by atoms with Gasteiger partial charge in [0.05, 0.1) is 9.08 Å². The number of imidazole rings is 1. The molecule has 19 heavy (non-hydrogen) atoms. The molecule has 2 rings (SSSR count). The molecular weight excluding hydrogens is 380 g/mol. The van der Waals surface area contributed by atoms with E-state index in [4.69, 9.17) is 0 Å². The normalized spacial score (nSPS) is 10.6. The van der Waals surface area contributed by atoms with Crippen LogP contribution in [0.15, 0.2) is 26.1 Å². The van der Waals surface area contributed by atoms with Gasteiger partial charge in [0.25, 0.3) is 5.91 Å². The highest BCUT2D eigenvalue weighted by Gasteiger charge is 2.10. The van der Waals surface area contributed by atoms with E-state index in [1.165, 1.54) is 0 Å². The lowest BCUT2D eigenvalue weighted by Crippen LogP contribution is -2.25. The van der Waals surface area contributed by atoms with E-state index in [0.717, 1.165) is 21.2 Å². The summed E-state index contributed by atoms with van der Waals surface area (Å²) in [7, 11) is 0. The third-order valence-electron chi connectivity index (χ3n) is 2.53. The zero-order chi connectivity index (χ0) is 13.8. The minimum atomic E-state index is -0.208. The van der Waals surface area contributed by atoms with Gasteiger partial charge in [0, 0.05) is 18.4 Å². The van der Waals surface area contributed by atoms with Gasteiger partial charge in [-0.05, 0) is 50.8 Å². The second kappa shape index (κ2) is 6.25. The molecule has 1 amide bonds. The van der Waals surface area contributed by atoms with Crippen molar-refractivity contribution in [3.63, 3.8) is 0 Å². The van der Waals surface area contributed by atoms with Crippen LogP contribution in [0.25, 0.3) is 0 Å². The Hall–Kier alpha value is -1.28. The number of aryl methyl sites for hydroxylation is 1. The summed E-state index contributed by atoms with van der Waals surface area (Å²) in [4.78, 5) is 30.7. The van der Waals surface area contributed by atoms with E-state index < -0.39 is 0 Å². The first kappa shape index (κ1) is 14.1. The number of halogens is 2. The summed E-state index contributed by atoms with van der Waals surface area (Å²) < 4.78 is 1.55. The largest absolute Gasteiger partial charge is 0.351 e. The second-order valence-electron chi connectivity index (χ2n) is 3.97. The molecule has 0 fully saturated rings. The van der Waals surface area contributed by atoms with Crippen LogP contribution in [0.1, 0.15) is 22.6 Å². The molecule has 4 N–H and O–H groups in total. The average Bonchev–Trinajstić information content (AvgIpc) is 2.92. The molecule has 6 nitrogen and oxygen atoms in total. The number of hydrogen-bond acceptors (Lipinski definition) is 2. The molecule has 0 aromatic carbocycles. The minimum Gasteiger partial charge on any atom is -0.351 e. The fourth-order valence-corrected chi connectivity index (χ4v) is 2.26. The summed E-state index contributed by atoms with van der Waals surface area (Å²) in [6.07, 6.45) is 3.10. The van der Waals surface area contributed by atoms with E-state index in [2.05, 4.69) is 52.1 Å². The van der Waals surface area contributed by atoms with Gasteiger partial charge in [0.1, 0.15) is 5.69 Å². The fourth-order valence-electron chi connectivity index (χ4n) is 1.61. The molecule has 0 saturated heterocycles. The van der Waals surface area contributed by atoms with Crippen molar-refractivity contribution in [1.29, 1.82) is 0 Å². The molecule has 0 saturated carbocycles. The smallest absolute Gasteiger partial charge is 0.323 e. The zero-order valence-corrected chi connectivity index (χ0v) is 13.0. The first-order valence-corrected chi connectivity index (χ1v) is 7.23. The van der Waals surface area contributed by atoms with Crippen LogP contribution in [0.4, 0.5) is 0 Å². The van der Waals surface area contributed by atoms with Crippen molar-refractivity contribution in [1.82, 2.24) is 20.3 Å². The molecule has 0 spiro atoms. The third-order valence-corrected chi connectivity index (χ3v) is 4.31. The summed E-state index contributed by atoms with van der Waals surface area (Å²) in [5.41, 5.74) is 1.12. The lowest BCUT2D eigenvalue weighted by molar-refractivity contribution is 0.0948. The zero-order valence-electron chi connectivity index (χ0n) is 9.85. The second-order valence-corrected chi connectivity index (χ2v) is 5.62. The minimum absolute atomic E-state index is 0.158. The van der Waals surface area contributed by atoms with Gasteiger partial charge >= 0.3 is 5.69 Å². The first-order valence-electron chi connectivity index (χ1n) is 5.65. The summed E-state index contributed by atoms with van der Waals surface area (Å²) in [5, 5.41) is 2.80. The number of aromatic nitrogens is 3. The SMILES string of the molecule is O=C(NCCCc1c[nH]c(=O)[nH]1)c1cc(Br)c(Br)[nH]1. The van der Waals surface area contributed by atoms with Gasteiger partial charge < -0.3 is 20.3 Å². The molecule has 0 unspecified atom stereocenters. The van der Waals surface area contributed by atoms with Crippen molar-refractivity contribution < 1.29 is 4.79 Å². The quantitative estimate of drug-likeness (QED) is 0.586. The Morgan fingerprint density at radius 2 is 2.11 bits per heavy atom. The van der Waals surface area contributed by atoms with Crippen molar-refractivity contribution in [3.8, 4) is 0 Å². The maximum absolute atomic E-state index is 11.8. The number of amides is 1.